The second-order valence-corrected chi connectivity index (χ2v) is 5.41. The average Bonchev–Trinajstić information content (AvgIpc) is 3.27. The van der Waals surface area contributed by atoms with Crippen LogP contribution in [0.5, 0.6) is 5.75 Å². The van der Waals surface area contributed by atoms with Crippen molar-refractivity contribution in [3.05, 3.63) is 28.8 Å². The van der Waals surface area contributed by atoms with E-state index in [-0.39, 0.29) is 18.2 Å². The van der Waals surface area contributed by atoms with Gasteiger partial charge in [-0.2, -0.15) is 8.78 Å². The molecule has 1 aromatic rings. The third-order valence-electron chi connectivity index (χ3n) is 3.52. The molecule has 0 heterocycles. The number of hydrogen-bond donors (Lipinski definition) is 2. The fourth-order valence-electron chi connectivity index (χ4n) is 2.16. The van der Waals surface area contributed by atoms with E-state index in [0.29, 0.717) is 23.4 Å². The predicted octanol–water partition coefficient (Wildman–Crippen LogP) is 2.08. The van der Waals surface area contributed by atoms with Gasteiger partial charge in [0.15, 0.2) is 0 Å². The van der Waals surface area contributed by atoms with E-state index in [1.807, 2.05) is 0 Å². The smallest absolute Gasteiger partial charge is 0.387 e. The Balaban J connectivity index is 2.06. The molecule has 1 aliphatic rings. The predicted molar refractivity (Wildman–Crippen MR) is 75.7 cm³/mol. The lowest BCUT2D eigenvalue weighted by molar-refractivity contribution is -0.137. The number of amides is 2. The minimum Gasteiger partial charge on any atom is -0.434 e. The minimum absolute atomic E-state index is 0.0554. The fourth-order valence-corrected chi connectivity index (χ4v) is 2.36. The van der Waals surface area contributed by atoms with Gasteiger partial charge in [0.25, 0.3) is 0 Å². The van der Waals surface area contributed by atoms with Crippen LogP contribution in [0.4, 0.5) is 8.78 Å². The van der Waals surface area contributed by atoms with Gasteiger partial charge in [-0.05, 0) is 31.0 Å². The molecule has 120 valence electrons. The maximum atomic E-state index is 12.4. The van der Waals surface area contributed by atoms with Crippen molar-refractivity contribution in [2.75, 3.05) is 7.05 Å². The van der Waals surface area contributed by atoms with Crippen LogP contribution in [0.25, 0.3) is 0 Å². The molecule has 5 nitrogen and oxygen atoms in total. The number of carbonyl (C=O) groups is 2. The van der Waals surface area contributed by atoms with Crippen molar-refractivity contribution < 1.29 is 23.1 Å². The van der Waals surface area contributed by atoms with Gasteiger partial charge in [0.2, 0.25) is 11.8 Å². The molecule has 0 atom stereocenters. The average molecular weight is 333 g/mol. The summed E-state index contributed by atoms with van der Waals surface area (Å²) < 4.78 is 29.1. The highest BCUT2D eigenvalue weighted by molar-refractivity contribution is 6.30. The summed E-state index contributed by atoms with van der Waals surface area (Å²) in [7, 11) is 1.46. The zero-order valence-electron chi connectivity index (χ0n) is 11.8. The van der Waals surface area contributed by atoms with E-state index in [4.69, 9.17) is 11.6 Å². The first-order chi connectivity index (χ1) is 10.4. The summed E-state index contributed by atoms with van der Waals surface area (Å²) in [6.07, 6.45) is 0.933. The molecule has 0 saturated heterocycles. The maximum Gasteiger partial charge on any atom is 0.387 e. The maximum absolute atomic E-state index is 12.4. The van der Waals surface area contributed by atoms with Gasteiger partial charge in [-0.25, -0.2) is 0 Å². The van der Waals surface area contributed by atoms with Crippen molar-refractivity contribution in [2.24, 2.45) is 5.41 Å². The third kappa shape index (κ3) is 3.47. The molecule has 0 unspecified atom stereocenters. The molecule has 0 spiro atoms. The van der Waals surface area contributed by atoms with Gasteiger partial charge in [-0.3, -0.25) is 9.59 Å². The van der Waals surface area contributed by atoms with Crippen LogP contribution >= 0.6 is 11.6 Å². The molecule has 2 rings (SSSR count). The lowest BCUT2D eigenvalue weighted by Crippen LogP contribution is -2.41. The first kappa shape index (κ1) is 16.5. The SMILES string of the molecule is CNC(=O)C1(C(=O)NCc2cc(Cl)ccc2OC(F)F)CC1. The molecule has 2 N–H and O–H groups in total. The largest absolute Gasteiger partial charge is 0.434 e. The van der Waals surface area contributed by atoms with Crippen LogP contribution in [-0.2, 0) is 16.1 Å². The minimum atomic E-state index is -2.98. The van der Waals surface area contributed by atoms with E-state index in [1.165, 1.54) is 25.2 Å². The number of nitrogens with one attached hydrogen (secondary N) is 2. The van der Waals surface area contributed by atoms with Gasteiger partial charge in [-0.15, -0.1) is 0 Å². The molecular formula is C14H15ClF2N2O3. The van der Waals surface area contributed by atoms with Gasteiger partial charge in [0, 0.05) is 24.2 Å². The van der Waals surface area contributed by atoms with Crippen LogP contribution in [0.1, 0.15) is 18.4 Å². The van der Waals surface area contributed by atoms with Gasteiger partial charge in [0.05, 0.1) is 0 Å². The Kier molecular flexibility index (Phi) is 4.85. The Morgan fingerprint density at radius 1 is 1.36 bits per heavy atom. The fraction of sp³-hybridized carbons (Fsp3) is 0.429. The Bertz CT molecular complexity index is 591. The summed E-state index contributed by atoms with van der Waals surface area (Å²) >= 11 is 5.82. The summed E-state index contributed by atoms with van der Waals surface area (Å²) in [4.78, 5) is 23.8. The van der Waals surface area contributed by atoms with Crippen molar-refractivity contribution in [1.29, 1.82) is 0 Å². The Morgan fingerprint density at radius 2 is 2.05 bits per heavy atom. The van der Waals surface area contributed by atoms with E-state index in [1.54, 1.807) is 0 Å². The normalized spacial score (nSPS) is 15.3. The molecule has 0 bridgehead atoms. The Hall–Kier alpha value is -1.89. The molecular weight excluding hydrogens is 318 g/mol. The molecule has 2 amide bonds. The number of rotatable bonds is 6. The van der Waals surface area contributed by atoms with E-state index in [0.717, 1.165) is 0 Å². The third-order valence-corrected chi connectivity index (χ3v) is 3.76. The van der Waals surface area contributed by atoms with Crippen LogP contribution in [-0.4, -0.2) is 25.5 Å². The number of hydrogen-bond acceptors (Lipinski definition) is 3. The number of halogens is 3. The first-order valence-electron chi connectivity index (χ1n) is 6.63. The number of alkyl halides is 2. The monoisotopic (exact) mass is 332 g/mol. The lowest BCUT2D eigenvalue weighted by Gasteiger charge is -2.15. The summed E-state index contributed by atoms with van der Waals surface area (Å²) in [5, 5.41) is 5.35. The highest BCUT2D eigenvalue weighted by atomic mass is 35.5. The summed E-state index contributed by atoms with van der Waals surface area (Å²) in [5.41, 5.74) is -0.731. The quantitative estimate of drug-likeness (QED) is 0.784. The van der Waals surface area contributed by atoms with Crippen LogP contribution in [0.2, 0.25) is 5.02 Å². The van der Waals surface area contributed by atoms with Crippen LogP contribution in [0.3, 0.4) is 0 Å². The number of benzene rings is 1. The van der Waals surface area contributed by atoms with Gasteiger partial charge in [0.1, 0.15) is 11.2 Å². The Labute approximate surface area is 131 Å². The number of ether oxygens (including phenoxy) is 1. The van der Waals surface area contributed by atoms with Gasteiger partial charge >= 0.3 is 6.61 Å². The van der Waals surface area contributed by atoms with Crippen LogP contribution in [0, 0.1) is 5.41 Å². The van der Waals surface area contributed by atoms with E-state index < -0.39 is 17.9 Å². The van der Waals surface area contributed by atoms with Gasteiger partial charge in [-0.1, -0.05) is 11.6 Å². The summed E-state index contributed by atoms with van der Waals surface area (Å²) in [6, 6.07) is 4.15. The van der Waals surface area contributed by atoms with Crippen molar-refractivity contribution >= 4 is 23.4 Å². The standard InChI is InChI=1S/C14H15ClF2N2O3/c1-18-11(20)14(4-5-14)12(21)19-7-8-6-9(15)2-3-10(8)22-13(16)17/h2-3,6,13H,4-5,7H2,1H3,(H,18,20)(H,19,21). The van der Waals surface area contributed by atoms with Crippen molar-refractivity contribution in [3.63, 3.8) is 0 Å². The highest BCUT2D eigenvalue weighted by Crippen LogP contribution is 2.46. The summed E-state index contributed by atoms with van der Waals surface area (Å²) in [6.45, 7) is -3.03. The molecule has 0 aliphatic heterocycles. The first-order valence-corrected chi connectivity index (χ1v) is 7.00. The lowest BCUT2D eigenvalue weighted by atomic mass is 10.1. The second kappa shape index (κ2) is 6.48. The molecule has 1 aliphatic carbocycles. The van der Waals surface area contributed by atoms with E-state index in [9.17, 15) is 18.4 Å². The molecule has 1 aromatic carbocycles. The van der Waals surface area contributed by atoms with Crippen molar-refractivity contribution in [3.8, 4) is 5.75 Å². The molecule has 8 heteroatoms. The Morgan fingerprint density at radius 3 is 2.59 bits per heavy atom. The van der Waals surface area contributed by atoms with Crippen LogP contribution in [0.15, 0.2) is 18.2 Å². The molecule has 0 radical (unpaired) electrons. The molecule has 1 saturated carbocycles. The topological polar surface area (TPSA) is 67.4 Å². The zero-order chi connectivity index (χ0) is 16.3. The molecule has 1 fully saturated rings. The summed E-state index contributed by atoms with van der Waals surface area (Å²) in [5.74, 6) is -0.848. The zero-order valence-corrected chi connectivity index (χ0v) is 12.5. The van der Waals surface area contributed by atoms with Gasteiger partial charge < -0.3 is 15.4 Å². The van der Waals surface area contributed by atoms with Crippen molar-refractivity contribution in [1.82, 2.24) is 10.6 Å². The second-order valence-electron chi connectivity index (χ2n) is 4.97. The van der Waals surface area contributed by atoms with E-state index >= 15 is 0 Å². The molecule has 22 heavy (non-hydrogen) atoms. The van der Waals surface area contributed by atoms with Crippen molar-refractivity contribution in [2.45, 2.75) is 26.0 Å². The molecule has 0 aromatic heterocycles. The highest BCUT2D eigenvalue weighted by Gasteiger charge is 2.56. The van der Waals surface area contributed by atoms with E-state index in [2.05, 4.69) is 15.4 Å². The number of carbonyl (C=O) groups excluding carboxylic acids is 2. The van der Waals surface area contributed by atoms with Crippen LogP contribution < -0.4 is 15.4 Å².